The fourth-order valence-corrected chi connectivity index (χ4v) is 0.707. The van der Waals surface area contributed by atoms with Crippen molar-refractivity contribution in [2.24, 2.45) is 0 Å². The quantitative estimate of drug-likeness (QED) is 0.570. The zero-order valence-corrected chi connectivity index (χ0v) is 6.67. The number of terminal acetylenes is 1. The third-order valence-electron chi connectivity index (χ3n) is 1.64. The molecule has 0 amide bonds. The molecule has 1 unspecified atom stereocenters. The van der Waals surface area contributed by atoms with Gasteiger partial charge in [-0.2, -0.15) is 0 Å². The number of hydrogen-bond acceptors (Lipinski definition) is 2. The number of aliphatic hydroxyl groups excluding tert-OH is 1. The van der Waals surface area contributed by atoms with Crippen LogP contribution in [0.3, 0.4) is 0 Å². The van der Waals surface area contributed by atoms with Gasteiger partial charge >= 0.3 is 0 Å². The first kappa shape index (κ1) is 9.48. The molecule has 0 radical (unpaired) electrons. The first-order chi connectivity index (χ1) is 4.72. The van der Waals surface area contributed by atoms with Gasteiger partial charge in [-0.25, -0.2) is 0 Å². The third-order valence-corrected chi connectivity index (χ3v) is 1.64. The molecule has 0 aliphatic heterocycles. The fourth-order valence-electron chi connectivity index (χ4n) is 0.707. The average molecular weight is 141 g/mol. The minimum atomic E-state index is 0.232. The molecule has 0 bridgehead atoms. The summed E-state index contributed by atoms with van der Waals surface area (Å²) >= 11 is 0. The molecule has 0 aliphatic rings. The highest BCUT2D eigenvalue weighted by Crippen LogP contribution is 1.97. The number of hydrogen-bond donors (Lipinski definition) is 1. The molecule has 0 fully saturated rings. The predicted octanol–water partition coefficient (Wildman–Crippen LogP) is 0.322. The second-order valence-corrected chi connectivity index (χ2v) is 2.48. The van der Waals surface area contributed by atoms with Crippen LogP contribution in [0.15, 0.2) is 0 Å². The molecule has 0 saturated heterocycles. The largest absolute Gasteiger partial charge is 0.396 e. The molecule has 0 rings (SSSR count). The van der Waals surface area contributed by atoms with Crippen LogP contribution in [0.2, 0.25) is 0 Å². The Balaban J connectivity index is 3.50. The van der Waals surface area contributed by atoms with Crippen molar-refractivity contribution < 1.29 is 5.11 Å². The van der Waals surface area contributed by atoms with E-state index in [1.54, 1.807) is 0 Å². The second kappa shape index (κ2) is 5.28. The average Bonchev–Trinajstić information content (AvgIpc) is 1.89. The molecule has 0 aromatic carbocycles. The van der Waals surface area contributed by atoms with Gasteiger partial charge in [0.15, 0.2) is 0 Å². The van der Waals surface area contributed by atoms with Crippen molar-refractivity contribution in [3.05, 3.63) is 0 Å². The summed E-state index contributed by atoms with van der Waals surface area (Å²) in [6.45, 7) is 2.94. The molecule has 0 spiro atoms. The number of aliphatic hydroxyl groups is 1. The van der Waals surface area contributed by atoms with E-state index in [0.717, 1.165) is 6.42 Å². The zero-order valence-electron chi connectivity index (χ0n) is 6.67. The summed E-state index contributed by atoms with van der Waals surface area (Å²) in [5.41, 5.74) is 0. The number of rotatable bonds is 4. The minimum Gasteiger partial charge on any atom is -0.396 e. The summed E-state index contributed by atoms with van der Waals surface area (Å²) in [6.07, 6.45) is 5.90. The molecule has 0 aromatic heterocycles. The Kier molecular flexibility index (Phi) is 5.00. The Morgan fingerprint density at radius 2 is 2.30 bits per heavy atom. The van der Waals surface area contributed by atoms with E-state index in [-0.39, 0.29) is 6.61 Å². The van der Waals surface area contributed by atoms with E-state index in [4.69, 9.17) is 11.5 Å². The molecule has 10 heavy (non-hydrogen) atoms. The van der Waals surface area contributed by atoms with Gasteiger partial charge in [0, 0.05) is 12.6 Å². The van der Waals surface area contributed by atoms with E-state index in [9.17, 15) is 0 Å². The lowest BCUT2D eigenvalue weighted by molar-refractivity contribution is 0.210. The van der Waals surface area contributed by atoms with Crippen LogP contribution in [0, 0.1) is 12.3 Å². The van der Waals surface area contributed by atoms with Crippen LogP contribution in [-0.4, -0.2) is 36.2 Å². The van der Waals surface area contributed by atoms with Gasteiger partial charge in [0.2, 0.25) is 0 Å². The van der Waals surface area contributed by atoms with Crippen LogP contribution >= 0.6 is 0 Å². The Morgan fingerprint density at radius 3 is 2.70 bits per heavy atom. The van der Waals surface area contributed by atoms with Crippen molar-refractivity contribution in [2.75, 3.05) is 20.2 Å². The topological polar surface area (TPSA) is 23.5 Å². The van der Waals surface area contributed by atoms with E-state index < -0.39 is 0 Å². The first-order valence-electron chi connectivity index (χ1n) is 3.47. The van der Waals surface area contributed by atoms with E-state index >= 15 is 0 Å². The fraction of sp³-hybridized carbons (Fsp3) is 0.750. The van der Waals surface area contributed by atoms with E-state index in [0.29, 0.717) is 12.6 Å². The SMILES string of the molecule is C#CCN(C)C(C)CCO. The summed E-state index contributed by atoms with van der Waals surface area (Å²) in [5, 5.41) is 8.58. The Morgan fingerprint density at radius 1 is 1.70 bits per heavy atom. The van der Waals surface area contributed by atoms with Crippen molar-refractivity contribution in [1.29, 1.82) is 0 Å². The normalized spacial score (nSPS) is 13.1. The molecular weight excluding hydrogens is 126 g/mol. The predicted molar refractivity (Wildman–Crippen MR) is 42.6 cm³/mol. The van der Waals surface area contributed by atoms with Crippen LogP contribution in [0.1, 0.15) is 13.3 Å². The smallest absolute Gasteiger partial charge is 0.0598 e. The maximum absolute atomic E-state index is 8.58. The van der Waals surface area contributed by atoms with Crippen LogP contribution in [-0.2, 0) is 0 Å². The minimum absolute atomic E-state index is 0.232. The van der Waals surface area contributed by atoms with Crippen molar-refractivity contribution >= 4 is 0 Å². The molecule has 58 valence electrons. The van der Waals surface area contributed by atoms with Gasteiger partial charge in [0.05, 0.1) is 6.54 Å². The van der Waals surface area contributed by atoms with E-state index in [1.807, 2.05) is 18.9 Å². The van der Waals surface area contributed by atoms with Crippen molar-refractivity contribution in [2.45, 2.75) is 19.4 Å². The van der Waals surface area contributed by atoms with Gasteiger partial charge in [-0.15, -0.1) is 6.42 Å². The van der Waals surface area contributed by atoms with Crippen LogP contribution < -0.4 is 0 Å². The van der Waals surface area contributed by atoms with Crippen LogP contribution in [0.4, 0.5) is 0 Å². The molecule has 0 aliphatic carbocycles. The first-order valence-corrected chi connectivity index (χ1v) is 3.47. The van der Waals surface area contributed by atoms with Gasteiger partial charge in [-0.1, -0.05) is 5.92 Å². The highest BCUT2D eigenvalue weighted by Gasteiger charge is 2.05. The summed E-state index contributed by atoms with van der Waals surface area (Å²) in [4.78, 5) is 2.04. The molecule has 0 saturated carbocycles. The second-order valence-electron chi connectivity index (χ2n) is 2.48. The van der Waals surface area contributed by atoms with Gasteiger partial charge in [0.25, 0.3) is 0 Å². The van der Waals surface area contributed by atoms with Gasteiger partial charge < -0.3 is 5.11 Å². The highest BCUT2D eigenvalue weighted by molar-refractivity contribution is 4.88. The summed E-state index contributed by atoms with van der Waals surface area (Å²) in [7, 11) is 1.96. The molecule has 2 heteroatoms. The van der Waals surface area contributed by atoms with E-state index in [1.165, 1.54) is 0 Å². The molecule has 1 N–H and O–H groups in total. The van der Waals surface area contributed by atoms with Crippen molar-refractivity contribution in [3.63, 3.8) is 0 Å². The lowest BCUT2D eigenvalue weighted by atomic mass is 10.2. The molecule has 0 aromatic rings. The summed E-state index contributed by atoms with van der Waals surface area (Å²) < 4.78 is 0. The Labute approximate surface area is 62.8 Å². The highest BCUT2D eigenvalue weighted by atomic mass is 16.3. The molecular formula is C8H15NO. The molecule has 2 nitrogen and oxygen atoms in total. The van der Waals surface area contributed by atoms with Crippen molar-refractivity contribution in [1.82, 2.24) is 4.90 Å². The van der Waals surface area contributed by atoms with E-state index in [2.05, 4.69) is 5.92 Å². The van der Waals surface area contributed by atoms with Gasteiger partial charge in [-0.05, 0) is 20.4 Å². The van der Waals surface area contributed by atoms with Gasteiger partial charge in [-0.3, -0.25) is 4.90 Å². The van der Waals surface area contributed by atoms with Crippen LogP contribution in [0.25, 0.3) is 0 Å². The maximum atomic E-state index is 8.58. The molecule has 0 heterocycles. The van der Waals surface area contributed by atoms with Gasteiger partial charge in [0.1, 0.15) is 0 Å². The zero-order chi connectivity index (χ0) is 7.98. The Hall–Kier alpha value is -0.520. The standard InChI is InChI=1S/C8H15NO/c1-4-6-9(3)8(2)5-7-10/h1,8,10H,5-7H2,2-3H3. The Bertz CT molecular complexity index is 117. The third kappa shape index (κ3) is 3.49. The monoisotopic (exact) mass is 141 g/mol. The number of nitrogens with zero attached hydrogens (tertiary/aromatic N) is 1. The lowest BCUT2D eigenvalue weighted by Crippen LogP contribution is -2.29. The van der Waals surface area contributed by atoms with Crippen LogP contribution in [0.5, 0.6) is 0 Å². The maximum Gasteiger partial charge on any atom is 0.0598 e. The summed E-state index contributed by atoms with van der Waals surface area (Å²) in [6, 6.07) is 0.376. The summed E-state index contributed by atoms with van der Waals surface area (Å²) in [5.74, 6) is 2.55. The van der Waals surface area contributed by atoms with Crippen molar-refractivity contribution in [3.8, 4) is 12.3 Å². The lowest BCUT2D eigenvalue weighted by Gasteiger charge is -2.20. The molecule has 1 atom stereocenters.